The summed E-state index contributed by atoms with van der Waals surface area (Å²) in [5, 5.41) is 8.72. The average Bonchev–Trinajstić information content (AvgIpc) is 3.13. The minimum absolute atomic E-state index is 0.310. The van der Waals surface area contributed by atoms with Gasteiger partial charge in [-0.1, -0.05) is 48.5 Å². The molecule has 0 radical (unpaired) electrons. The van der Waals surface area contributed by atoms with Crippen molar-refractivity contribution in [3.63, 3.8) is 0 Å². The Balaban J connectivity index is 1.53. The van der Waals surface area contributed by atoms with Gasteiger partial charge in [-0.15, -0.1) is 0 Å². The van der Waals surface area contributed by atoms with Gasteiger partial charge in [0.05, 0.1) is 22.3 Å². The van der Waals surface area contributed by atoms with E-state index in [2.05, 4.69) is 26.3 Å². The number of nitrogens with zero attached hydrogens (tertiary/aromatic N) is 3. The normalized spacial score (nSPS) is 10.6. The molecule has 0 aliphatic carbocycles. The third-order valence-corrected chi connectivity index (χ3v) is 5.02. The van der Waals surface area contributed by atoms with Crippen molar-refractivity contribution < 1.29 is 4.79 Å². The van der Waals surface area contributed by atoms with Gasteiger partial charge in [0.1, 0.15) is 0 Å². The van der Waals surface area contributed by atoms with E-state index in [1.54, 1.807) is 10.7 Å². The highest BCUT2D eigenvalue weighted by Gasteiger charge is 2.19. The number of carbonyl (C=O) groups is 1. The van der Waals surface area contributed by atoms with Gasteiger partial charge in [-0.3, -0.25) is 15.6 Å². The smallest absolute Gasteiger partial charge is 0.270 e. The van der Waals surface area contributed by atoms with Crippen molar-refractivity contribution in [3.05, 3.63) is 89.2 Å². The number of pyridine rings is 1. The molecule has 2 aromatic carbocycles. The van der Waals surface area contributed by atoms with Crippen molar-refractivity contribution in [2.24, 2.45) is 0 Å². The molecule has 7 nitrogen and oxygen atoms in total. The van der Waals surface area contributed by atoms with Crippen molar-refractivity contribution in [1.29, 1.82) is 0 Å². The second kappa shape index (κ2) is 8.93. The first-order valence-corrected chi connectivity index (χ1v) is 10.2. The number of benzene rings is 2. The van der Waals surface area contributed by atoms with Crippen LogP contribution in [0.15, 0.2) is 66.7 Å². The molecule has 2 heterocycles. The molecule has 8 heteroatoms. The Morgan fingerprint density at radius 2 is 1.68 bits per heavy atom. The Bertz CT molecular complexity index is 1240. The lowest BCUT2D eigenvalue weighted by atomic mass is 10.1. The molecular weight excluding hydrogens is 408 g/mol. The second-order valence-electron chi connectivity index (χ2n) is 7.09. The fraction of sp³-hybridized carbons (Fsp3) is 0.130. The Labute approximate surface area is 185 Å². The number of rotatable bonds is 4. The van der Waals surface area contributed by atoms with Crippen LogP contribution in [0.3, 0.4) is 0 Å². The highest BCUT2D eigenvalue weighted by molar-refractivity contribution is 7.80. The Morgan fingerprint density at radius 1 is 1.00 bits per heavy atom. The molecule has 0 aliphatic rings. The summed E-state index contributed by atoms with van der Waals surface area (Å²) in [4.78, 5) is 17.6. The molecule has 0 saturated heterocycles. The fourth-order valence-corrected chi connectivity index (χ4v) is 3.47. The summed E-state index contributed by atoms with van der Waals surface area (Å²) in [6.07, 6.45) is 0. The van der Waals surface area contributed by atoms with Crippen molar-refractivity contribution in [2.45, 2.75) is 20.4 Å². The van der Waals surface area contributed by atoms with Crippen LogP contribution in [-0.4, -0.2) is 25.8 Å². The number of thiocarbonyl (C=S) groups is 1. The summed E-state index contributed by atoms with van der Waals surface area (Å²) >= 11 is 5.27. The van der Waals surface area contributed by atoms with E-state index in [0.29, 0.717) is 28.3 Å². The van der Waals surface area contributed by atoms with E-state index >= 15 is 0 Å². The first kappa shape index (κ1) is 20.5. The highest BCUT2D eigenvalue weighted by Crippen LogP contribution is 2.24. The maximum absolute atomic E-state index is 13.0. The molecule has 31 heavy (non-hydrogen) atoms. The van der Waals surface area contributed by atoms with Gasteiger partial charge in [-0.2, -0.15) is 5.10 Å². The summed E-state index contributed by atoms with van der Waals surface area (Å²) in [5.41, 5.74) is 9.98. The van der Waals surface area contributed by atoms with Crippen molar-refractivity contribution in [3.8, 4) is 5.69 Å². The van der Waals surface area contributed by atoms with Crippen LogP contribution in [-0.2, 0) is 6.54 Å². The number of hydrogen-bond donors (Lipinski definition) is 3. The summed E-state index contributed by atoms with van der Waals surface area (Å²) < 4.78 is 1.76. The minimum atomic E-state index is -0.310. The maximum atomic E-state index is 13.0. The van der Waals surface area contributed by atoms with Gasteiger partial charge >= 0.3 is 0 Å². The highest BCUT2D eigenvalue weighted by atomic mass is 32.1. The minimum Gasteiger partial charge on any atom is -0.357 e. The van der Waals surface area contributed by atoms with Gasteiger partial charge in [0, 0.05) is 12.2 Å². The summed E-state index contributed by atoms with van der Waals surface area (Å²) in [6.45, 7) is 4.28. The number of nitrogens with one attached hydrogen (secondary N) is 3. The van der Waals surface area contributed by atoms with Crippen molar-refractivity contribution >= 4 is 34.3 Å². The number of hydrazine groups is 1. The van der Waals surface area contributed by atoms with E-state index in [1.807, 2.05) is 74.5 Å². The summed E-state index contributed by atoms with van der Waals surface area (Å²) in [6, 6.07) is 21.4. The molecule has 1 amide bonds. The van der Waals surface area contributed by atoms with Gasteiger partial charge in [0.15, 0.2) is 10.8 Å². The zero-order chi connectivity index (χ0) is 21.8. The van der Waals surface area contributed by atoms with E-state index in [1.165, 1.54) is 0 Å². The van der Waals surface area contributed by atoms with Crippen LogP contribution in [0.2, 0.25) is 0 Å². The number of hydrogen-bond acceptors (Lipinski definition) is 4. The predicted molar refractivity (Wildman–Crippen MR) is 125 cm³/mol. The van der Waals surface area contributed by atoms with Crippen LogP contribution in [0.1, 0.15) is 27.3 Å². The van der Waals surface area contributed by atoms with Gasteiger partial charge in [-0.25, -0.2) is 9.67 Å². The average molecular weight is 431 g/mol. The number of carbonyl (C=O) groups excluding carboxylic acids is 1. The Hall–Kier alpha value is -3.78. The zero-order valence-corrected chi connectivity index (χ0v) is 18.0. The first-order chi connectivity index (χ1) is 15.0. The fourth-order valence-electron chi connectivity index (χ4n) is 3.35. The van der Waals surface area contributed by atoms with Crippen LogP contribution in [0, 0.1) is 13.8 Å². The summed E-state index contributed by atoms with van der Waals surface area (Å²) in [5.74, 6) is -0.310. The summed E-state index contributed by atoms with van der Waals surface area (Å²) in [7, 11) is 0. The van der Waals surface area contributed by atoms with Crippen LogP contribution in [0.4, 0.5) is 0 Å². The number of para-hydroxylation sites is 1. The molecule has 3 N–H and O–H groups in total. The quantitative estimate of drug-likeness (QED) is 0.340. The lowest BCUT2D eigenvalue weighted by Gasteiger charge is -2.12. The molecule has 0 unspecified atom stereocenters. The Morgan fingerprint density at radius 3 is 2.39 bits per heavy atom. The number of aromatic nitrogens is 3. The molecule has 2 aromatic heterocycles. The largest absolute Gasteiger partial charge is 0.357 e. The molecule has 4 rings (SSSR count). The van der Waals surface area contributed by atoms with Gasteiger partial charge in [0.2, 0.25) is 0 Å². The maximum Gasteiger partial charge on any atom is 0.270 e. The molecule has 0 bridgehead atoms. The third-order valence-electron chi connectivity index (χ3n) is 4.77. The van der Waals surface area contributed by atoms with Crippen molar-refractivity contribution in [2.75, 3.05) is 0 Å². The van der Waals surface area contributed by atoms with E-state index < -0.39 is 0 Å². The first-order valence-electron chi connectivity index (χ1n) is 9.83. The molecule has 0 atom stereocenters. The van der Waals surface area contributed by atoms with Crippen LogP contribution in [0.5, 0.6) is 0 Å². The lowest BCUT2D eigenvalue weighted by molar-refractivity contribution is 0.0945. The molecule has 0 spiro atoms. The Kier molecular flexibility index (Phi) is 5.90. The van der Waals surface area contributed by atoms with Crippen LogP contribution in [0.25, 0.3) is 16.7 Å². The lowest BCUT2D eigenvalue weighted by Crippen LogP contribution is -2.46. The topological polar surface area (TPSA) is 83.9 Å². The van der Waals surface area contributed by atoms with Gasteiger partial charge in [0.25, 0.3) is 5.91 Å². The molecule has 4 aromatic rings. The van der Waals surface area contributed by atoms with E-state index in [0.717, 1.165) is 22.6 Å². The standard InChI is InChI=1S/C23H22N6OS/c1-15-13-19(22(30)26-27-23(31)24-14-17-9-5-3-6-10-17)20-16(2)28-29(21(20)25-15)18-11-7-4-8-12-18/h3-13H,14H2,1-2H3,(H,26,30)(H2,24,27,31). The third kappa shape index (κ3) is 4.54. The second-order valence-corrected chi connectivity index (χ2v) is 7.50. The van der Waals surface area contributed by atoms with Crippen LogP contribution >= 0.6 is 12.2 Å². The van der Waals surface area contributed by atoms with Gasteiger partial charge in [-0.05, 0) is 49.8 Å². The van der Waals surface area contributed by atoms with Crippen molar-refractivity contribution in [1.82, 2.24) is 30.9 Å². The zero-order valence-electron chi connectivity index (χ0n) is 17.2. The predicted octanol–water partition coefficient (Wildman–Crippen LogP) is 3.35. The molecule has 0 aliphatic heterocycles. The monoisotopic (exact) mass is 430 g/mol. The number of fused-ring (bicyclic) bond motifs is 1. The molecular formula is C23H22N6OS. The molecule has 0 saturated carbocycles. The number of aryl methyl sites for hydroxylation is 2. The van der Waals surface area contributed by atoms with E-state index in [-0.39, 0.29) is 5.91 Å². The molecule has 0 fully saturated rings. The number of amides is 1. The van der Waals surface area contributed by atoms with E-state index in [4.69, 9.17) is 12.2 Å². The van der Waals surface area contributed by atoms with Gasteiger partial charge < -0.3 is 5.32 Å². The SMILES string of the molecule is Cc1cc(C(=O)NNC(=S)NCc2ccccc2)c2c(C)nn(-c3ccccc3)c2n1. The molecule has 156 valence electrons. The van der Waals surface area contributed by atoms with Crippen LogP contribution < -0.4 is 16.2 Å². The van der Waals surface area contributed by atoms with E-state index in [9.17, 15) is 4.79 Å².